The minimum atomic E-state index is -1.07. The van der Waals surface area contributed by atoms with Crippen LogP contribution in [-0.2, 0) is 24.6 Å². The van der Waals surface area contributed by atoms with E-state index in [1.807, 2.05) is 32.9 Å². The number of halogens is 2. The van der Waals surface area contributed by atoms with Gasteiger partial charge in [0, 0.05) is 25.7 Å². The molecule has 0 radical (unpaired) electrons. The van der Waals surface area contributed by atoms with Crippen molar-refractivity contribution in [3.63, 3.8) is 0 Å². The Balaban J connectivity index is 1.63. The molecular weight excluding hydrogens is 541 g/mol. The van der Waals surface area contributed by atoms with Gasteiger partial charge in [-0.05, 0) is 35.6 Å². The molecule has 2 heterocycles. The highest BCUT2D eigenvalue weighted by molar-refractivity contribution is 6.44. The molecule has 204 valence electrons. The second kappa shape index (κ2) is 10.5. The van der Waals surface area contributed by atoms with Gasteiger partial charge in [0.1, 0.15) is 12.1 Å². The first-order valence-electron chi connectivity index (χ1n) is 12.4. The Hall–Kier alpha value is -3.61. The molecule has 39 heavy (non-hydrogen) atoms. The molecule has 9 nitrogen and oxygen atoms in total. The molecule has 1 saturated heterocycles. The number of likely N-dealkylation sites (tertiary alicyclic amines) is 1. The number of carbonyl (C=O) groups excluding carboxylic acids is 4. The maximum absolute atomic E-state index is 14.1. The average Bonchev–Trinajstić information content (AvgIpc) is 3.41. The molecule has 1 spiro atoms. The maximum Gasteiger partial charge on any atom is 0.313 e. The van der Waals surface area contributed by atoms with Crippen LogP contribution in [0, 0.1) is 16.7 Å². The van der Waals surface area contributed by atoms with Crippen molar-refractivity contribution >= 4 is 58.2 Å². The summed E-state index contributed by atoms with van der Waals surface area (Å²) in [6, 6.07) is 12.1. The van der Waals surface area contributed by atoms with Crippen LogP contribution < -0.4 is 10.6 Å². The number of amides is 4. The second-order valence-electron chi connectivity index (χ2n) is 11.1. The summed E-state index contributed by atoms with van der Waals surface area (Å²) in [5.74, 6) is -2.77. The first-order valence-corrected chi connectivity index (χ1v) is 13.2. The fourth-order valence-electron chi connectivity index (χ4n) is 5.23. The van der Waals surface area contributed by atoms with E-state index < -0.39 is 40.6 Å². The number of nitrogens with zero attached hydrogens (tertiary/aromatic N) is 3. The first kappa shape index (κ1) is 28.4. The Morgan fingerprint density at radius 1 is 1.18 bits per heavy atom. The summed E-state index contributed by atoms with van der Waals surface area (Å²) in [6.07, 6.45) is 0.335. The minimum absolute atomic E-state index is 0.0169. The van der Waals surface area contributed by atoms with Crippen LogP contribution in [0.1, 0.15) is 39.2 Å². The lowest BCUT2D eigenvalue weighted by Crippen LogP contribution is -2.54. The molecule has 2 N–H and O–H groups in total. The van der Waals surface area contributed by atoms with Crippen molar-refractivity contribution < 1.29 is 19.2 Å². The van der Waals surface area contributed by atoms with Gasteiger partial charge in [-0.2, -0.15) is 5.26 Å². The van der Waals surface area contributed by atoms with E-state index in [1.165, 1.54) is 24.1 Å². The van der Waals surface area contributed by atoms with E-state index in [4.69, 9.17) is 23.2 Å². The van der Waals surface area contributed by atoms with Gasteiger partial charge >= 0.3 is 11.8 Å². The van der Waals surface area contributed by atoms with Gasteiger partial charge in [0.25, 0.3) is 0 Å². The van der Waals surface area contributed by atoms with Crippen LogP contribution in [0.5, 0.6) is 0 Å². The summed E-state index contributed by atoms with van der Waals surface area (Å²) in [5.41, 5.74) is -0.0166. The molecule has 2 aromatic carbocycles. The van der Waals surface area contributed by atoms with Crippen molar-refractivity contribution in [1.82, 2.24) is 9.80 Å². The van der Waals surface area contributed by atoms with Crippen molar-refractivity contribution in [2.24, 2.45) is 5.41 Å². The zero-order chi connectivity index (χ0) is 28.7. The molecule has 0 aliphatic carbocycles. The third-order valence-corrected chi connectivity index (χ3v) is 7.82. The van der Waals surface area contributed by atoms with Gasteiger partial charge in [-0.3, -0.25) is 19.2 Å². The SMILES string of the molecule is CN(C(=O)C(=O)Nc1c(Cl)cccc1Cl)[C@@H](CC(C)(C)C)C(=O)N1C[C@]2(C[C@H]1C#N)C(=O)Nc1ccccc12. The Kier molecular flexibility index (Phi) is 7.66. The summed E-state index contributed by atoms with van der Waals surface area (Å²) in [5, 5.41) is 15.6. The van der Waals surface area contributed by atoms with E-state index in [9.17, 15) is 24.4 Å². The zero-order valence-electron chi connectivity index (χ0n) is 22.0. The van der Waals surface area contributed by atoms with Gasteiger partial charge in [-0.1, -0.05) is 68.2 Å². The van der Waals surface area contributed by atoms with E-state index in [-0.39, 0.29) is 41.0 Å². The van der Waals surface area contributed by atoms with Crippen molar-refractivity contribution in [2.75, 3.05) is 24.2 Å². The highest BCUT2D eigenvalue weighted by Crippen LogP contribution is 2.46. The highest BCUT2D eigenvalue weighted by atomic mass is 35.5. The molecule has 3 atom stereocenters. The number of nitriles is 1. The Bertz CT molecular complexity index is 1380. The van der Waals surface area contributed by atoms with Crippen LogP contribution in [-0.4, -0.2) is 59.1 Å². The van der Waals surface area contributed by atoms with Crippen LogP contribution in [0.15, 0.2) is 42.5 Å². The van der Waals surface area contributed by atoms with Gasteiger partial charge in [-0.25, -0.2) is 0 Å². The lowest BCUT2D eigenvalue weighted by atomic mass is 9.80. The monoisotopic (exact) mass is 569 g/mol. The zero-order valence-corrected chi connectivity index (χ0v) is 23.6. The number of benzene rings is 2. The summed E-state index contributed by atoms with van der Waals surface area (Å²) < 4.78 is 0. The van der Waals surface area contributed by atoms with Gasteiger partial charge in [-0.15, -0.1) is 0 Å². The minimum Gasteiger partial charge on any atom is -0.325 e. The molecule has 2 aliphatic rings. The standard InChI is InChI=1S/C28H29Cl2N5O4/c1-27(2,3)13-21(34(4)25(38)23(36)33-22-18(29)9-7-10-19(22)30)24(37)35-15-28(12-16(35)14-31)17-8-5-6-11-20(17)32-26(28)39/h5-11,16,21H,12-13,15H2,1-4H3,(H,32,39)(H,33,36)/t16-,21-,28-/m0/s1. The lowest BCUT2D eigenvalue weighted by molar-refractivity contribution is -0.150. The summed E-state index contributed by atoms with van der Waals surface area (Å²) >= 11 is 12.3. The molecular formula is C28H29Cl2N5O4. The van der Waals surface area contributed by atoms with Gasteiger partial charge in [0.05, 0.1) is 27.2 Å². The summed E-state index contributed by atoms with van der Waals surface area (Å²) in [4.78, 5) is 55.8. The van der Waals surface area contributed by atoms with Gasteiger partial charge in [0.2, 0.25) is 11.8 Å². The molecule has 4 amide bonds. The molecule has 2 aliphatic heterocycles. The lowest BCUT2D eigenvalue weighted by Gasteiger charge is -2.35. The van der Waals surface area contributed by atoms with Gasteiger partial charge < -0.3 is 20.4 Å². The fraction of sp³-hybridized carbons (Fsp3) is 0.393. The van der Waals surface area contributed by atoms with Crippen LogP contribution in [0.25, 0.3) is 0 Å². The molecule has 1 fully saturated rings. The van der Waals surface area contributed by atoms with E-state index in [2.05, 4.69) is 16.7 Å². The van der Waals surface area contributed by atoms with Crippen LogP contribution in [0.2, 0.25) is 10.0 Å². The first-order chi connectivity index (χ1) is 18.3. The van der Waals surface area contributed by atoms with E-state index in [0.717, 1.165) is 10.5 Å². The van der Waals surface area contributed by atoms with E-state index >= 15 is 0 Å². The number of hydrogen-bond acceptors (Lipinski definition) is 5. The predicted octanol–water partition coefficient (Wildman–Crippen LogP) is 4.21. The van der Waals surface area contributed by atoms with Crippen molar-refractivity contribution in [3.05, 3.63) is 58.1 Å². The molecule has 0 unspecified atom stereocenters. The number of hydrogen-bond donors (Lipinski definition) is 2. The van der Waals surface area contributed by atoms with Crippen LogP contribution in [0.4, 0.5) is 11.4 Å². The number of fused-ring (bicyclic) bond motifs is 2. The molecule has 0 saturated carbocycles. The number of para-hydroxylation sites is 2. The number of anilines is 2. The van der Waals surface area contributed by atoms with Crippen molar-refractivity contribution in [1.29, 1.82) is 5.26 Å². The number of likely N-dealkylation sites (N-methyl/N-ethyl adjacent to an activating group) is 1. The van der Waals surface area contributed by atoms with E-state index in [1.54, 1.807) is 18.2 Å². The Morgan fingerprint density at radius 3 is 2.44 bits per heavy atom. The molecule has 0 bridgehead atoms. The Labute approximate surface area is 237 Å². The average molecular weight is 570 g/mol. The Morgan fingerprint density at radius 2 is 1.82 bits per heavy atom. The predicted molar refractivity (Wildman–Crippen MR) is 148 cm³/mol. The number of rotatable bonds is 4. The quantitative estimate of drug-likeness (QED) is 0.534. The third kappa shape index (κ3) is 5.32. The number of nitrogens with one attached hydrogen (secondary N) is 2. The topological polar surface area (TPSA) is 123 Å². The van der Waals surface area contributed by atoms with E-state index in [0.29, 0.717) is 5.69 Å². The normalized spacial score (nSPS) is 20.7. The fourth-order valence-corrected chi connectivity index (χ4v) is 5.73. The van der Waals surface area contributed by atoms with Crippen LogP contribution >= 0.6 is 23.2 Å². The smallest absolute Gasteiger partial charge is 0.313 e. The number of carbonyl (C=O) groups is 4. The molecule has 11 heteroatoms. The summed E-state index contributed by atoms with van der Waals surface area (Å²) in [7, 11) is 1.37. The van der Waals surface area contributed by atoms with Crippen molar-refractivity contribution in [3.8, 4) is 6.07 Å². The maximum atomic E-state index is 14.1. The van der Waals surface area contributed by atoms with Crippen LogP contribution in [0.3, 0.4) is 0 Å². The molecule has 4 rings (SSSR count). The summed E-state index contributed by atoms with van der Waals surface area (Å²) in [6.45, 7) is 5.70. The third-order valence-electron chi connectivity index (χ3n) is 7.19. The second-order valence-corrected chi connectivity index (χ2v) is 12.0. The van der Waals surface area contributed by atoms with Crippen molar-refractivity contribution in [2.45, 2.75) is 51.1 Å². The largest absolute Gasteiger partial charge is 0.325 e. The molecule has 0 aromatic heterocycles. The van der Waals surface area contributed by atoms with Gasteiger partial charge in [0.15, 0.2) is 0 Å². The highest BCUT2D eigenvalue weighted by Gasteiger charge is 2.57. The molecule has 2 aromatic rings.